The van der Waals surface area contributed by atoms with Gasteiger partial charge in [0.25, 0.3) is 0 Å². The van der Waals surface area contributed by atoms with E-state index in [1.807, 2.05) is 0 Å². The number of hydrogen-bond acceptors (Lipinski definition) is 3. The summed E-state index contributed by atoms with van der Waals surface area (Å²) < 4.78 is 0.827. The van der Waals surface area contributed by atoms with Crippen molar-refractivity contribution >= 4 is 33.7 Å². The average molecular weight is 354 g/mol. The topological polar surface area (TPSA) is 82.5 Å². The van der Waals surface area contributed by atoms with Crippen molar-refractivity contribution in [1.82, 2.24) is 9.88 Å². The van der Waals surface area contributed by atoms with Crippen LogP contribution in [0.25, 0.3) is 0 Å². The maximum absolute atomic E-state index is 12.3. The monoisotopic (exact) mass is 353 g/mol. The summed E-state index contributed by atoms with van der Waals surface area (Å²) >= 11 is 3.32. The first kappa shape index (κ1) is 14.3. The van der Waals surface area contributed by atoms with E-state index in [4.69, 9.17) is 0 Å². The molecule has 112 valence electrons. The molecule has 0 spiro atoms. The first-order chi connectivity index (χ1) is 10.0. The van der Waals surface area contributed by atoms with E-state index in [9.17, 15) is 14.7 Å². The Morgan fingerprint density at radius 2 is 2.33 bits per heavy atom. The third-order valence-corrected chi connectivity index (χ3v) is 5.03. The summed E-state index contributed by atoms with van der Waals surface area (Å²) in [4.78, 5) is 29.6. The SMILES string of the molecule is O=C(Nc1cc(Br)ccn1)N1C[C@@H]2CCC[C@@]2(C(=O)O)C1. The predicted octanol–water partition coefficient (Wildman–Crippen LogP) is 2.56. The van der Waals surface area contributed by atoms with Gasteiger partial charge in [-0.25, -0.2) is 9.78 Å². The molecule has 1 aromatic rings. The number of urea groups is 1. The van der Waals surface area contributed by atoms with Crippen molar-refractivity contribution in [2.75, 3.05) is 18.4 Å². The van der Waals surface area contributed by atoms with Gasteiger partial charge in [0.05, 0.1) is 5.41 Å². The van der Waals surface area contributed by atoms with Gasteiger partial charge < -0.3 is 10.0 Å². The lowest BCUT2D eigenvalue weighted by molar-refractivity contribution is -0.149. The normalized spacial score (nSPS) is 27.5. The Morgan fingerprint density at radius 3 is 3.00 bits per heavy atom. The molecule has 0 bridgehead atoms. The van der Waals surface area contributed by atoms with Gasteiger partial charge in [0.2, 0.25) is 0 Å². The fraction of sp³-hybridized carbons (Fsp3) is 0.500. The average Bonchev–Trinajstić information content (AvgIpc) is 2.95. The quantitative estimate of drug-likeness (QED) is 0.855. The van der Waals surface area contributed by atoms with Crippen molar-refractivity contribution in [3.8, 4) is 0 Å². The third-order valence-electron chi connectivity index (χ3n) is 4.54. The lowest BCUT2D eigenvalue weighted by Crippen LogP contribution is -2.38. The number of pyridine rings is 1. The number of nitrogens with one attached hydrogen (secondary N) is 1. The zero-order chi connectivity index (χ0) is 15.0. The maximum atomic E-state index is 12.3. The minimum Gasteiger partial charge on any atom is -0.481 e. The highest BCUT2D eigenvalue weighted by atomic mass is 79.9. The number of carbonyl (C=O) groups is 2. The summed E-state index contributed by atoms with van der Waals surface area (Å²) in [7, 11) is 0. The maximum Gasteiger partial charge on any atom is 0.323 e. The van der Waals surface area contributed by atoms with Gasteiger partial charge in [0.1, 0.15) is 5.82 Å². The van der Waals surface area contributed by atoms with Crippen LogP contribution in [0.1, 0.15) is 19.3 Å². The van der Waals surface area contributed by atoms with Gasteiger partial charge in [-0.15, -0.1) is 0 Å². The highest BCUT2D eigenvalue weighted by Crippen LogP contribution is 2.48. The van der Waals surface area contributed by atoms with Crippen molar-refractivity contribution < 1.29 is 14.7 Å². The minimum absolute atomic E-state index is 0.0659. The number of aliphatic carboxylic acids is 1. The van der Waals surface area contributed by atoms with Gasteiger partial charge in [-0.3, -0.25) is 10.1 Å². The summed E-state index contributed by atoms with van der Waals surface area (Å²) in [5, 5.41) is 12.2. The molecule has 1 saturated carbocycles. The van der Waals surface area contributed by atoms with Crippen LogP contribution in [0.5, 0.6) is 0 Å². The Labute approximate surface area is 130 Å². The van der Waals surface area contributed by atoms with Gasteiger partial charge >= 0.3 is 12.0 Å². The largest absolute Gasteiger partial charge is 0.481 e. The molecule has 21 heavy (non-hydrogen) atoms. The van der Waals surface area contributed by atoms with E-state index in [-0.39, 0.29) is 18.5 Å². The van der Waals surface area contributed by atoms with Crippen molar-refractivity contribution in [3.05, 3.63) is 22.8 Å². The van der Waals surface area contributed by atoms with Crippen molar-refractivity contribution in [2.45, 2.75) is 19.3 Å². The number of carbonyl (C=O) groups excluding carboxylic acids is 1. The Balaban J connectivity index is 1.71. The van der Waals surface area contributed by atoms with Gasteiger partial charge in [0, 0.05) is 23.8 Å². The zero-order valence-electron chi connectivity index (χ0n) is 11.4. The Hall–Kier alpha value is -1.63. The molecular weight excluding hydrogens is 338 g/mol. The molecule has 2 fully saturated rings. The number of carboxylic acids is 1. The number of nitrogens with zero attached hydrogens (tertiary/aromatic N) is 2. The van der Waals surface area contributed by atoms with E-state index in [1.165, 1.54) is 0 Å². The smallest absolute Gasteiger partial charge is 0.323 e. The predicted molar refractivity (Wildman–Crippen MR) is 79.9 cm³/mol. The van der Waals surface area contributed by atoms with Crippen LogP contribution in [0.4, 0.5) is 10.6 Å². The number of rotatable bonds is 2. The van der Waals surface area contributed by atoms with Crippen LogP contribution < -0.4 is 5.32 Å². The number of carboxylic acid groups (broad SMARTS) is 1. The first-order valence-electron chi connectivity index (χ1n) is 6.92. The molecule has 2 atom stereocenters. The summed E-state index contributed by atoms with van der Waals surface area (Å²) in [5.74, 6) is -0.257. The molecule has 0 aromatic carbocycles. The number of fused-ring (bicyclic) bond motifs is 1. The molecule has 2 N–H and O–H groups in total. The molecule has 1 aromatic heterocycles. The molecule has 7 heteroatoms. The minimum atomic E-state index is -0.777. The summed E-state index contributed by atoms with van der Waals surface area (Å²) in [5.41, 5.74) is -0.748. The van der Waals surface area contributed by atoms with Crippen molar-refractivity contribution in [3.63, 3.8) is 0 Å². The number of halogens is 1. The van der Waals surface area contributed by atoms with E-state index in [0.29, 0.717) is 18.8 Å². The van der Waals surface area contributed by atoms with E-state index in [2.05, 4.69) is 26.2 Å². The van der Waals surface area contributed by atoms with Crippen LogP contribution in [0.3, 0.4) is 0 Å². The lowest BCUT2D eigenvalue weighted by atomic mass is 9.81. The standard InChI is InChI=1S/C14H16BrN3O3/c15-10-3-5-16-11(6-10)17-13(21)18-7-9-2-1-4-14(9,8-18)12(19)20/h3,5-6,9H,1-2,4,7-8H2,(H,19,20)(H,16,17,21)/t9-,14+/m0/s1. The fourth-order valence-corrected chi connectivity index (χ4v) is 3.79. The van der Waals surface area contributed by atoms with E-state index < -0.39 is 11.4 Å². The van der Waals surface area contributed by atoms with Gasteiger partial charge in [-0.2, -0.15) is 0 Å². The summed E-state index contributed by atoms with van der Waals surface area (Å²) in [6, 6.07) is 3.20. The molecule has 1 aliphatic carbocycles. The van der Waals surface area contributed by atoms with Crippen LogP contribution in [-0.4, -0.2) is 40.1 Å². The summed E-state index contributed by atoms with van der Waals surface area (Å²) in [6.07, 6.45) is 4.06. The fourth-order valence-electron chi connectivity index (χ4n) is 3.46. The molecule has 3 rings (SSSR count). The molecule has 1 saturated heterocycles. The van der Waals surface area contributed by atoms with Crippen LogP contribution >= 0.6 is 15.9 Å². The van der Waals surface area contributed by atoms with Crippen LogP contribution in [-0.2, 0) is 4.79 Å². The van der Waals surface area contributed by atoms with Crippen molar-refractivity contribution in [2.24, 2.45) is 11.3 Å². The summed E-state index contributed by atoms with van der Waals surface area (Å²) in [6.45, 7) is 0.791. The van der Waals surface area contributed by atoms with Crippen LogP contribution in [0.15, 0.2) is 22.8 Å². The number of anilines is 1. The second kappa shape index (κ2) is 5.29. The second-order valence-corrected chi connectivity index (χ2v) is 6.64. The Bertz CT molecular complexity index is 595. The Morgan fingerprint density at radius 1 is 1.52 bits per heavy atom. The van der Waals surface area contributed by atoms with Crippen molar-refractivity contribution in [1.29, 1.82) is 0 Å². The van der Waals surface area contributed by atoms with Crippen LogP contribution in [0.2, 0.25) is 0 Å². The molecule has 2 heterocycles. The van der Waals surface area contributed by atoms with E-state index in [0.717, 1.165) is 17.3 Å². The highest BCUT2D eigenvalue weighted by Gasteiger charge is 2.55. The van der Waals surface area contributed by atoms with Crippen LogP contribution in [0, 0.1) is 11.3 Å². The molecule has 0 radical (unpaired) electrons. The van der Waals surface area contributed by atoms with Gasteiger partial charge in [-0.1, -0.05) is 22.4 Å². The van der Waals surface area contributed by atoms with E-state index in [1.54, 1.807) is 23.2 Å². The molecule has 2 amide bonds. The second-order valence-electron chi connectivity index (χ2n) is 5.72. The molecule has 1 aliphatic heterocycles. The lowest BCUT2D eigenvalue weighted by Gasteiger charge is -2.23. The number of hydrogen-bond donors (Lipinski definition) is 2. The first-order valence-corrected chi connectivity index (χ1v) is 7.71. The van der Waals surface area contributed by atoms with Gasteiger partial charge in [0.15, 0.2) is 0 Å². The van der Waals surface area contributed by atoms with Gasteiger partial charge in [-0.05, 0) is 30.9 Å². The van der Waals surface area contributed by atoms with E-state index >= 15 is 0 Å². The number of aromatic nitrogens is 1. The molecule has 0 unspecified atom stereocenters. The molecular formula is C14H16BrN3O3. The zero-order valence-corrected chi connectivity index (χ0v) is 13.0. The number of amides is 2. The number of likely N-dealkylation sites (tertiary alicyclic amines) is 1. The third kappa shape index (κ3) is 2.50. The molecule has 6 nitrogen and oxygen atoms in total. The Kier molecular flexibility index (Phi) is 3.61. The highest BCUT2D eigenvalue weighted by molar-refractivity contribution is 9.10. The molecule has 2 aliphatic rings.